The van der Waals surface area contributed by atoms with Gasteiger partial charge in [0.15, 0.2) is 0 Å². The maximum Gasteiger partial charge on any atom is 0.217 e. The van der Waals surface area contributed by atoms with Gasteiger partial charge in [-0.3, -0.25) is 4.79 Å². The van der Waals surface area contributed by atoms with E-state index in [0.717, 1.165) is 19.3 Å². The zero-order valence-corrected chi connectivity index (χ0v) is 16.4. The number of thiophene rings is 1. The summed E-state index contributed by atoms with van der Waals surface area (Å²) < 4.78 is 0. The normalized spacial score (nSPS) is 26.9. The van der Waals surface area contributed by atoms with Crippen molar-refractivity contribution < 1.29 is 20.1 Å². The minimum absolute atomic E-state index is 0.0623. The quantitative estimate of drug-likeness (QED) is 0.343. The van der Waals surface area contributed by atoms with E-state index in [-0.39, 0.29) is 17.7 Å². The number of aliphatic hydroxyl groups is 3. The Morgan fingerprint density at radius 3 is 2.85 bits per heavy atom. The van der Waals surface area contributed by atoms with E-state index in [9.17, 15) is 20.1 Å². The van der Waals surface area contributed by atoms with Gasteiger partial charge in [-0.1, -0.05) is 24.3 Å². The van der Waals surface area contributed by atoms with Crippen LogP contribution in [0.15, 0.2) is 41.1 Å². The van der Waals surface area contributed by atoms with Crippen LogP contribution in [0.4, 0.5) is 0 Å². The molecule has 0 aromatic carbocycles. The fourth-order valence-electron chi connectivity index (χ4n) is 3.57. The lowest BCUT2D eigenvalue weighted by atomic mass is 9.89. The van der Waals surface area contributed by atoms with Gasteiger partial charge in [0.2, 0.25) is 5.91 Å². The van der Waals surface area contributed by atoms with E-state index in [1.807, 2.05) is 23.6 Å². The number of primary amides is 1. The molecule has 1 aromatic rings. The van der Waals surface area contributed by atoms with E-state index in [2.05, 4.69) is 11.4 Å². The molecule has 1 aliphatic carbocycles. The summed E-state index contributed by atoms with van der Waals surface area (Å²) in [5.41, 5.74) is 6.34. The van der Waals surface area contributed by atoms with E-state index in [4.69, 9.17) is 5.73 Å². The summed E-state index contributed by atoms with van der Waals surface area (Å²) in [6, 6.07) is 2.06. The standard InChI is InChI=1S/C21H31NO4S/c22-21(26)6-4-2-1-3-5-17-18(20(25)13-19(17)24)10-9-16(23)8-7-15-11-12-27-14-15/h1,3,9-12,14,16-20,23-25H,2,4-8,13H2,(H2,22,26)/b3-1+,10-9+. The molecule has 1 aliphatic rings. The second-order valence-corrected chi connectivity index (χ2v) is 8.08. The number of unbranched alkanes of at least 4 members (excludes halogenated alkanes) is 1. The molecule has 2 rings (SSSR count). The van der Waals surface area contributed by atoms with E-state index in [1.54, 1.807) is 17.4 Å². The second kappa shape index (κ2) is 11.4. The third-order valence-electron chi connectivity index (χ3n) is 5.15. The SMILES string of the molecule is NC(=O)CCC/C=C/CC1C(O)CC(O)C1/C=C/C(O)CCc1ccsc1. The van der Waals surface area contributed by atoms with Crippen molar-refractivity contribution in [3.05, 3.63) is 46.7 Å². The van der Waals surface area contributed by atoms with E-state index >= 15 is 0 Å². The Morgan fingerprint density at radius 1 is 1.33 bits per heavy atom. The van der Waals surface area contributed by atoms with Crippen molar-refractivity contribution in [3.63, 3.8) is 0 Å². The van der Waals surface area contributed by atoms with Crippen LogP contribution in [0.1, 0.15) is 44.1 Å². The van der Waals surface area contributed by atoms with Crippen molar-refractivity contribution in [1.29, 1.82) is 0 Å². The van der Waals surface area contributed by atoms with Gasteiger partial charge in [-0.05, 0) is 60.4 Å². The van der Waals surface area contributed by atoms with Crippen molar-refractivity contribution >= 4 is 17.2 Å². The third kappa shape index (κ3) is 7.58. The average molecular weight is 394 g/mol. The summed E-state index contributed by atoms with van der Waals surface area (Å²) in [6.07, 6.45) is 10.3. The van der Waals surface area contributed by atoms with Gasteiger partial charge in [0, 0.05) is 18.8 Å². The summed E-state index contributed by atoms with van der Waals surface area (Å²) in [7, 11) is 0. The molecule has 1 aromatic heterocycles. The maximum absolute atomic E-state index is 10.7. The largest absolute Gasteiger partial charge is 0.393 e. The molecule has 5 atom stereocenters. The average Bonchev–Trinajstić information content (AvgIpc) is 3.22. The van der Waals surface area contributed by atoms with Gasteiger partial charge >= 0.3 is 0 Å². The molecule has 0 aliphatic heterocycles. The van der Waals surface area contributed by atoms with Crippen LogP contribution >= 0.6 is 11.3 Å². The molecule has 1 fully saturated rings. The highest BCUT2D eigenvalue weighted by atomic mass is 32.1. The Bertz CT molecular complexity index is 614. The predicted molar refractivity (Wildman–Crippen MR) is 108 cm³/mol. The first kappa shape index (κ1) is 21.8. The van der Waals surface area contributed by atoms with Crippen LogP contribution in [0.2, 0.25) is 0 Å². The van der Waals surface area contributed by atoms with Crippen molar-refractivity contribution in [2.24, 2.45) is 17.6 Å². The van der Waals surface area contributed by atoms with Crippen molar-refractivity contribution in [2.45, 2.75) is 63.3 Å². The number of aliphatic hydroxyl groups excluding tert-OH is 3. The van der Waals surface area contributed by atoms with Gasteiger partial charge in [0.25, 0.3) is 0 Å². The van der Waals surface area contributed by atoms with Gasteiger partial charge in [-0.2, -0.15) is 11.3 Å². The number of hydrogen-bond acceptors (Lipinski definition) is 5. The Kier molecular flexibility index (Phi) is 9.21. The summed E-state index contributed by atoms with van der Waals surface area (Å²) in [5.74, 6) is -0.515. The van der Waals surface area contributed by atoms with Crippen LogP contribution in [-0.2, 0) is 11.2 Å². The summed E-state index contributed by atoms with van der Waals surface area (Å²) >= 11 is 1.65. The third-order valence-corrected chi connectivity index (χ3v) is 5.88. The highest BCUT2D eigenvalue weighted by molar-refractivity contribution is 7.07. The van der Waals surface area contributed by atoms with Gasteiger partial charge in [-0.15, -0.1) is 0 Å². The molecule has 6 heteroatoms. The van der Waals surface area contributed by atoms with Gasteiger partial charge < -0.3 is 21.1 Å². The fraction of sp³-hybridized carbons (Fsp3) is 0.571. The molecule has 5 N–H and O–H groups in total. The molecule has 0 radical (unpaired) electrons. The first-order valence-corrected chi connectivity index (χ1v) is 10.6. The van der Waals surface area contributed by atoms with Crippen molar-refractivity contribution in [1.82, 2.24) is 0 Å². The monoisotopic (exact) mass is 393 g/mol. The zero-order valence-electron chi connectivity index (χ0n) is 15.6. The van der Waals surface area contributed by atoms with E-state index < -0.39 is 18.3 Å². The van der Waals surface area contributed by atoms with E-state index in [0.29, 0.717) is 25.7 Å². The lowest BCUT2D eigenvalue weighted by Crippen LogP contribution is -2.20. The van der Waals surface area contributed by atoms with Gasteiger partial charge in [0.1, 0.15) is 0 Å². The number of amides is 1. The summed E-state index contributed by atoms with van der Waals surface area (Å²) in [5, 5.41) is 34.8. The first-order valence-electron chi connectivity index (χ1n) is 9.64. The summed E-state index contributed by atoms with van der Waals surface area (Å²) in [4.78, 5) is 10.7. The predicted octanol–water partition coefficient (Wildman–Crippen LogP) is 2.56. The van der Waals surface area contributed by atoms with Crippen LogP contribution < -0.4 is 5.73 Å². The number of allylic oxidation sites excluding steroid dienone is 2. The molecule has 0 saturated heterocycles. The van der Waals surface area contributed by atoms with Crippen LogP contribution in [0.3, 0.4) is 0 Å². The topological polar surface area (TPSA) is 104 Å². The molecule has 27 heavy (non-hydrogen) atoms. The number of carbonyl (C=O) groups excluding carboxylic acids is 1. The lowest BCUT2D eigenvalue weighted by molar-refractivity contribution is -0.118. The second-order valence-electron chi connectivity index (χ2n) is 7.30. The number of rotatable bonds is 11. The molecule has 1 amide bonds. The maximum atomic E-state index is 10.7. The minimum atomic E-state index is -0.589. The highest BCUT2D eigenvalue weighted by Gasteiger charge is 2.39. The minimum Gasteiger partial charge on any atom is -0.393 e. The molecule has 5 nitrogen and oxygen atoms in total. The zero-order chi connectivity index (χ0) is 19.6. The molecule has 1 heterocycles. The molecule has 150 valence electrons. The molecule has 0 bridgehead atoms. The fourth-order valence-corrected chi connectivity index (χ4v) is 4.28. The van der Waals surface area contributed by atoms with Gasteiger partial charge in [0.05, 0.1) is 18.3 Å². The highest BCUT2D eigenvalue weighted by Crippen LogP contribution is 2.36. The number of nitrogens with two attached hydrogens (primary N) is 1. The lowest BCUT2D eigenvalue weighted by Gasteiger charge is -2.19. The Balaban J connectivity index is 1.81. The molecular formula is C21H31NO4S. The Morgan fingerprint density at radius 2 is 2.15 bits per heavy atom. The Labute approximate surface area is 165 Å². The van der Waals surface area contributed by atoms with Crippen LogP contribution in [0, 0.1) is 11.8 Å². The molecule has 0 spiro atoms. The van der Waals surface area contributed by atoms with Crippen LogP contribution in [0.5, 0.6) is 0 Å². The Hall–Kier alpha value is -1.47. The molecule has 1 saturated carbocycles. The number of aryl methyl sites for hydroxylation is 1. The smallest absolute Gasteiger partial charge is 0.217 e. The van der Waals surface area contributed by atoms with Crippen LogP contribution in [0.25, 0.3) is 0 Å². The first-order chi connectivity index (χ1) is 13.0. The number of hydrogen-bond donors (Lipinski definition) is 4. The van der Waals surface area contributed by atoms with Crippen molar-refractivity contribution in [2.75, 3.05) is 0 Å². The van der Waals surface area contributed by atoms with E-state index in [1.165, 1.54) is 5.56 Å². The number of carbonyl (C=O) groups is 1. The van der Waals surface area contributed by atoms with Crippen molar-refractivity contribution in [3.8, 4) is 0 Å². The molecular weight excluding hydrogens is 362 g/mol. The molecule has 5 unspecified atom stereocenters. The summed E-state index contributed by atoms with van der Waals surface area (Å²) in [6.45, 7) is 0. The van der Waals surface area contributed by atoms with Crippen LogP contribution in [-0.4, -0.2) is 39.5 Å². The van der Waals surface area contributed by atoms with Gasteiger partial charge in [-0.25, -0.2) is 0 Å².